The van der Waals surface area contributed by atoms with Gasteiger partial charge in [0.2, 0.25) is 0 Å². The molecule has 2 atom stereocenters. The standard InChI is InChI=1S/C19H16ClF2NO4/c20-12-3-1-11(2-4-12)14-8-23(9-15(14)19(25)26)18(24)10-27-17-6-5-13(21)7-16(17)22/h1-7,14-15H,8-10H2,(H,25,26)/t14-,15+/m0/s1. The highest BCUT2D eigenvalue weighted by atomic mass is 35.5. The molecule has 3 rings (SSSR count). The lowest BCUT2D eigenvalue weighted by molar-refractivity contribution is -0.142. The minimum Gasteiger partial charge on any atom is -0.481 e. The van der Waals surface area contributed by atoms with Crippen LogP contribution in [0.5, 0.6) is 5.75 Å². The zero-order valence-corrected chi connectivity index (χ0v) is 14.8. The van der Waals surface area contributed by atoms with Gasteiger partial charge in [-0.3, -0.25) is 9.59 Å². The third-order valence-electron chi connectivity index (χ3n) is 4.53. The Hall–Kier alpha value is -2.67. The van der Waals surface area contributed by atoms with Crippen LogP contribution in [-0.2, 0) is 9.59 Å². The van der Waals surface area contributed by atoms with E-state index in [1.807, 2.05) is 0 Å². The van der Waals surface area contributed by atoms with E-state index in [2.05, 4.69) is 0 Å². The van der Waals surface area contributed by atoms with Crippen molar-refractivity contribution >= 4 is 23.5 Å². The molecular formula is C19H16ClF2NO4. The van der Waals surface area contributed by atoms with E-state index in [1.165, 1.54) is 4.90 Å². The van der Waals surface area contributed by atoms with Gasteiger partial charge in [-0.25, -0.2) is 8.78 Å². The van der Waals surface area contributed by atoms with Gasteiger partial charge in [-0.2, -0.15) is 0 Å². The van der Waals surface area contributed by atoms with E-state index in [9.17, 15) is 23.5 Å². The smallest absolute Gasteiger partial charge is 0.308 e. The summed E-state index contributed by atoms with van der Waals surface area (Å²) in [6, 6.07) is 9.59. The van der Waals surface area contributed by atoms with Crippen LogP contribution < -0.4 is 4.74 Å². The topological polar surface area (TPSA) is 66.8 Å². The number of carbonyl (C=O) groups is 2. The summed E-state index contributed by atoms with van der Waals surface area (Å²) >= 11 is 5.87. The van der Waals surface area contributed by atoms with Crippen molar-refractivity contribution in [2.24, 2.45) is 5.92 Å². The van der Waals surface area contributed by atoms with E-state index in [1.54, 1.807) is 24.3 Å². The van der Waals surface area contributed by atoms with E-state index >= 15 is 0 Å². The number of hydrogen-bond donors (Lipinski definition) is 1. The Labute approximate surface area is 159 Å². The second-order valence-electron chi connectivity index (χ2n) is 6.26. The van der Waals surface area contributed by atoms with Crippen LogP contribution in [-0.4, -0.2) is 41.6 Å². The van der Waals surface area contributed by atoms with Crippen LogP contribution >= 0.6 is 11.6 Å². The molecule has 142 valence electrons. The van der Waals surface area contributed by atoms with Gasteiger partial charge in [-0.1, -0.05) is 23.7 Å². The quantitative estimate of drug-likeness (QED) is 0.843. The molecule has 0 aliphatic carbocycles. The largest absolute Gasteiger partial charge is 0.481 e. The maximum Gasteiger partial charge on any atom is 0.308 e. The molecule has 1 N–H and O–H groups in total. The van der Waals surface area contributed by atoms with Gasteiger partial charge < -0.3 is 14.7 Å². The number of hydrogen-bond acceptors (Lipinski definition) is 3. The first-order chi connectivity index (χ1) is 12.8. The predicted octanol–water partition coefficient (Wildman–Crippen LogP) is 3.32. The van der Waals surface area contributed by atoms with Crippen LogP contribution in [0.2, 0.25) is 5.02 Å². The minimum atomic E-state index is -1.00. The van der Waals surface area contributed by atoms with E-state index < -0.39 is 36.0 Å². The first kappa shape index (κ1) is 19.1. The van der Waals surface area contributed by atoms with Gasteiger partial charge in [0.15, 0.2) is 18.2 Å². The molecule has 1 heterocycles. The van der Waals surface area contributed by atoms with Crippen molar-refractivity contribution in [2.45, 2.75) is 5.92 Å². The number of carboxylic acids is 1. The van der Waals surface area contributed by atoms with Gasteiger partial charge in [-0.05, 0) is 29.8 Å². The molecule has 0 unspecified atom stereocenters. The molecule has 1 amide bonds. The molecule has 1 saturated heterocycles. The number of aliphatic carboxylic acids is 1. The van der Waals surface area contributed by atoms with Gasteiger partial charge in [-0.15, -0.1) is 0 Å². The number of rotatable bonds is 5. The van der Waals surface area contributed by atoms with Crippen LogP contribution in [0.15, 0.2) is 42.5 Å². The Balaban J connectivity index is 1.68. The summed E-state index contributed by atoms with van der Waals surface area (Å²) in [7, 11) is 0. The van der Waals surface area contributed by atoms with Crippen molar-refractivity contribution in [1.29, 1.82) is 0 Å². The Bertz CT molecular complexity index is 859. The molecule has 0 saturated carbocycles. The van der Waals surface area contributed by atoms with E-state index in [-0.39, 0.29) is 24.8 Å². The van der Waals surface area contributed by atoms with Crippen molar-refractivity contribution in [3.63, 3.8) is 0 Å². The van der Waals surface area contributed by atoms with Gasteiger partial charge in [0, 0.05) is 30.1 Å². The lowest BCUT2D eigenvalue weighted by Gasteiger charge is -2.17. The predicted molar refractivity (Wildman–Crippen MR) is 93.8 cm³/mol. The molecule has 1 fully saturated rings. The summed E-state index contributed by atoms with van der Waals surface area (Å²) in [5.74, 6) is -4.53. The zero-order chi connectivity index (χ0) is 19.6. The Morgan fingerprint density at radius 2 is 1.85 bits per heavy atom. The second-order valence-corrected chi connectivity index (χ2v) is 6.70. The number of ether oxygens (including phenoxy) is 1. The molecule has 0 aromatic heterocycles. The monoisotopic (exact) mass is 395 g/mol. The highest BCUT2D eigenvalue weighted by Gasteiger charge is 2.40. The van der Waals surface area contributed by atoms with Gasteiger partial charge in [0.25, 0.3) is 5.91 Å². The van der Waals surface area contributed by atoms with Crippen LogP contribution in [0.3, 0.4) is 0 Å². The maximum atomic E-state index is 13.6. The summed E-state index contributed by atoms with van der Waals surface area (Å²) in [6.07, 6.45) is 0. The number of benzene rings is 2. The second kappa shape index (κ2) is 7.92. The fourth-order valence-electron chi connectivity index (χ4n) is 3.13. The van der Waals surface area contributed by atoms with E-state index in [0.717, 1.165) is 17.7 Å². The van der Waals surface area contributed by atoms with Crippen LogP contribution in [0.4, 0.5) is 8.78 Å². The van der Waals surface area contributed by atoms with Gasteiger partial charge in [0.1, 0.15) is 5.82 Å². The lowest BCUT2D eigenvalue weighted by Crippen LogP contribution is -2.34. The average Bonchev–Trinajstić information content (AvgIpc) is 3.07. The molecule has 0 spiro atoms. The van der Waals surface area contributed by atoms with Crippen LogP contribution in [0.1, 0.15) is 11.5 Å². The molecule has 0 radical (unpaired) electrons. The Morgan fingerprint density at radius 1 is 1.15 bits per heavy atom. The van der Waals surface area contributed by atoms with Crippen LogP contribution in [0.25, 0.3) is 0 Å². The molecule has 2 aromatic carbocycles. The molecule has 5 nitrogen and oxygen atoms in total. The Morgan fingerprint density at radius 3 is 2.48 bits per heavy atom. The minimum absolute atomic E-state index is 0.0245. The number of carbonyl (C=O) groups excluding carboxylic acids is 1. The number of halogens is 3. The zero-order valence-electron chi connectivity index (χ0n) is 14.1. The normalized spacial score (nSPS) is 19.1. The molecule has 1 aliphatic heterocycles. The van der Waals surface area contributed by atoms with Crippen molar-refractivity contribution in [2.75, 3.05) is 19.7 Å². The number of amides is 1. The number of carboxylic acid groups (broad SMARTS) is 1. The van der Waals surface area contributed by atoms with Crippen LogP contribution in [0, 0.1) is 17.6 Å². The van der Waals surface area contributed by atoms with Gasteiger partial charge >= 0.3 is 5.97 Å². The average molecular weight is 396 g/mol. The molecular weight excluding hydrogens is 380 g/mol. The molecule has 0 bridgehead atoms. The summed E-state index contributed by atoms with van der Waals surface area (Å²) in [5.41, 5.74) is 0.771. The van der Waals surface area contributed by atoms with Crippen molar-refractivity contribution in [3.8, 4) is 5.75 Å². The van der Waals surface area contributed by atoms with E-state index in [4.69, 9.17) is 16.3 Å². The van der Waals surface area contributed by atoms with Crippen molar-refractivity contribution in [1.82, 2.24) is 4.90 Å². The van der Waals surface area contributed by atoms with Crippen molar-refractivity contribution < 1.29 is 28.2 Å². The van der Waals surface area contributed by atoms with E-state index in [0.29, 0.717) is 11.1 Å². The third-order valence-corrected chi connectivity index (χ3v) is 4.78. The van der Waals surface area contributed by atoms with Gasteiger partial charge in [0.05, 0.1) is 5.92 Å². The third kappa shape index (κ3) is 4.36. The highest BCUT2D eigenvalue weighted by molar-refractivity contribution is 6.30. The lowest BCUT2D eigenvalue weighted by atomic mass is 9.89. The summed E-state index contributed by atoms with van der Waals surface area (Å²) in [5, 5.41) is 10.0. The maximum absolute atomic E-state index is 13.6. The first-order valence-electron chi connectivity index (χ1n) is 8.19. The summed E-state index contributed by atoms with van der Waals surface area (Å²) in [4.78, 5) is 25.4. The fourth-order valence-corrected chi connectivity index (χ4v) is 3.25. The SMILES string of the molecule is O=C(O)[C@@H]1CN(C(=O)COc2ccc(F)cc2F)C[C@H]1c1ccc(Cl)cc1. The molecule has 8 heteroatoms. The fraction of sp³-hybridized carbons (Fsp3) is 0.263. The molecule has 2 aromatic rings. The molecule has 27 heavy (non-hydrogen) atoms. The highest BCUT2D eigenvalue weighted by Crippen LogP contribution is 2.33. The first-order valence-corrected chi connectivity index (χ1v) is 8.57. The summed E-state index contributed by atoms with van der Waals surface area (Å²) < 4.78 is 31.6. The Kier molecular flexibility index (Phi) is 5.60. The summed E-state index contributed by atoms with van der Waals surface area (Å²) in [6.45, 7) is -0.244. The molecule has 1 aliphatic rings. The number of nitrogens with zero attached hydrogens (tertiary/aromatic N) is 1. The van der Waals surface area contributed by atoms with Crippen molar-refractivity contribution in [3.05, 3.63) is 64.7 Å². The number of likely N-dealkylation sites (tertiary alicyclic amines) is 1.